The van der Waals surface area contributed by atoms with Gasteiger partial charge in [-0.1, -0.05) is 0 Å². The van der Waals surface area contributed by atoms with E-state index in [4.69, 9.17) is 0 Å². The van der Waals surface area contributed by atoms with E-state index in [0.29, 0.717) is 0 Å². The zero-order valence-corrected chi connectivity index (χ0v) is 11.8. The SMILES string of the molecule is b1bbn(-c2nccc(CCNBc3ccccc3)n2)b1. The topological polar surface area (TPSA) is 42.7 Å². The Balaban J connectivity index is 1.53. The van der Waals surface area contributed by atoms with Gasteiger partial charge in [0.1, 0.15) is 0 Å². The van der Waals surface area contributed by atoms with Gasteiger partial charge in [0, 0.05) is 0 Å². The van der Waals surface area contributed by atoms with Crippen LogP contribution in [0.15, 0.2) is 42.6 Å². The summed E-state index contributed by atoms with van der Waals surface area (Å²) in [5.41, 5.74) is 2.35. The molecule has 0 aliphatic rings. The van der Waals surface area contributed by atoms with Crippen LogP contribution in [-0.2, 0) is 6.42 Å². The molecule has 3 aromatic rings. The minimum absolute atomic E-state index is 0.723. The zero-order valence-electron chi connectivity index (χ0n) is 11.8. The van der Waals surface area contributed by atoms with Crippen molar-refractivity contribution >= 4 is 40.1 Å². The minimum atomic E-state index is 0.723. The van der Waals surface area contributed by atoms with E-state index in [1.807, 2.05) is 50.0 Å². The Morgan fingerprint density at radius 1 is 1.10 bits per heavy atom. The number of hydrogen-bond donors (Lipinski definition) is 1. The van der Waals surface area contributed by atoms with Crippen LogP contribution in [0.4, 0.5) is 0 Å². The summed E-state index contributed by atoms with van der Waals surface area (Å²) in [5.74, 6) is 0.723. The number of nitrogens with zero attached hydrogens (tertiary/aromatic N) is 3. The quantitative estimate of drug-likeness (QED) is 0.433. The summed E-state index contributed by atoms with van der Waals surface area (Å²) in [6, 6.07) is 12.4. The maximum atomic E-state index is 4.57. The summed E-state index contributed by atoms with van der Waals surface area (Å²) < 4.78 is 1.92. The Bertz CT molecular complexity index is 677. The summed E-state index contributed by atoms with van der Waals surface area (Å²) in [7, 11) is 0.885. The summed E-state index contributed by atoms with van der Waals surface area (Å²) >= 11 is 0. The second-order valence-corrected chi connectivity index (χ2v) is 4.85. The van der Waals surface area contributed by atoms with Crippen molar-refractivity contribution in [2.75, 3.05) is 6.54 Å². The van der Waals surface area contributed by atoms with Crippen molar-refractivity contribution in [2.45, 2.75) is 6.42 Å². The first-order valence-electron chi connectivity index (χ1n) is 7.12. The van der Waals surface area contributed by atoms with Crippen molar-refractivity contribution < 1.29 is 0 Å². The second-order valence-electron chi connectivity index (χ2n) is 4.85. The monoisotopic (exact) mass is 268 g/mol. The molecule has 0 saturated carbocycles. The van der Waals surface area contributed by atoms with Crippen LogP contribution in [0.5, 0.6) is 0 Å². The average Bonchev–Trinajstić information content (AvgIpc) is 3.07. The molecule has 3 rings (SSSR count). The van der Waals surface area contributed by atoms with Gasteiger partial charge in [-0.3, -0.25) is 0 Å². The van der Waals surface area contributed by atoms with E-state index >= 15 is 0 Å². The fourth-order valence-corrected chi connectivity index (χ4v) is 2.16. The van der Waals surface area contributed by atoms with Crippen molar-refractivity contribution in [1.82, 2.24) is 19.6 Å². The van der Waals surface area contributed by atoms with Gasteiger partial charge in [0.05, 0.1) is 0 Å². The molecule has 2 aromatic heterocycles. The first-order valence-corrected chi connectivity index (χ1v) is 7.12. The first-order chi connectivity index (χ1) is 10.4. The van der Waals surface area contributed by atoms with E-state index < -0.39 is 0 Å². The predicted octanol–water partition coefficient (Wildman–Crippen LogP) is -1.57. The maximum absolute atomic E-state index is 4.57. The van der Waals surface area contributed by atoms with E-state index in [2.05, 4.69) is 39.5 Å². The van der Waals surface area contributed by atoms with Gasteiger partial charge in [0.15, 0.2) is 0 Å². The Morgan fingerprint density at radius 3 is 2.71 bits per heavy atom. The van der Waals surface area contributed by atoms with Crippen molar-refractivity contribution in [3.63, 3.8) is 0 Å². The Labute approximate surface area is 127 Å². The van der Waals surface area contributed by atoms with Gasteiger partial charge < -0.3 is 0 Å². The molecule has 0 amide bonds. The molecule has 96 valence electrons. The van der Waals surface area contributed by atoms with Crippen LogP contribution in [0, 0.1) is 0 Å². The molecule has 0 radical (unpaired) electrons. The van der Waals surface area contributed by atoms with Gasteiger partial charge in [0.2, 0.25) is 0 Å². The summed E-state index contributed by atoms with van der Waals surface area (Å²) in [6.07, 6.45) is 2.71. The Kier molecular flexibility index (Phi) is 5.05. The van der Waals surface area contributed by atoms with E-state index in [1.165, 1.54) is 5.46 Å². The number of aromatic nitrogens is 3. The van der Waals surface area contributed by atoms with Crippen LogP contribution in [0.3, 0.4) is 0 Å². The van der Waals surface area contributed by atoms with Crippen LogP contribution in [-0.4, -0.2) is 55.6 Å². The standard InChI is InChI=1S/C12H13B5N4/c1-2-4-10(5-3-1)13-19-9-7-11-6-8-18-12(20-11)21-16-14-15-17-21/h1-6,8,13,19H,7,9H2. The van der Waals surface area contributed by atoms with Crippen molar-refractivity contribution in [3.8, 4) is 5.95 Å². The molecular weight excluding hydrogens is 254 g/mol. The number of rotatable bonds is 6. The average molecular weight is 267 g/mol. The normalized spacial score (nSPS) is 9.71. The molecule has 21 heavy (non-hydrogen) atoms. The van der Waals surface area contributed by atoms with Gasteiger partial charge in [-0.15, -0.1) is 0 Å². The van der Waals surface area contributed by atoms with Crippen LogP contribution < -0.4 is 10.7 Å². The number of hydrogen-bond acceptors (Lipinski definition) is 3. The van der Waals surface area contributed by atoms with Gasteiger partial charge in [-0.2, -0.15) is 0 Å². The fourth-order valence-electron chi connectivity index (χ4n) is 2.16. The molecule has 0 unspecified atom stereocenters. The third-order valence-electron chi connectivity index (χ3n) is 3.27. The molecule has 0 saturated heterocycles. The Morgan fingerprint density at radius 2 is 1.90 bits per heavy atom. The van der Waals surface area contributed by atoms with E-state index in [0.717, 1.165) is 32.0 Å². The number of benzene rings is 1. The molecule has 1 aromatic carbocycles. The van der Waals surface area contributed by atoms with E-state index in [-0.39, 0.29) is 0 Å². The second kappa shape index (κ2) is 7.41. The third-order valence-corrected chi connectivity index (χ3v) is 3.27. The summed E-state index contributed by atoms with van der Waals surface area (Å²) in [5, 5.41) is 3.44. The fraction of sp³-hybridized carbons (Fsp3) is 0.167. The van der Waals surface area contributed by atoms with Crippen molar-refractivity contribution in [1.29, 1.82) is 0 Å². The molecular formula is C12H13B5N4. The number of nitrogens with one attached hydrogen (secondary N) is 1. The molecule has 0 atom stereocenters. The van der Waals surface area contributed by atoms with Crippen LogP contribution in [0.2, 0.25) is 0 Å². The van der Waals surface area contributed by atoms with Crippen molar-refractivity contribution in [2.24, 2.45) is 0 Å². The van der Waals surface area contributed by atoms with E-state index in [9.17, 15) is 0 Å². The van der Waals surface area contributed by atoms with Gasteiger partial charge in [-0.05, 0) is 0 Å². The molecule has 1 N–H and O–H groups in total. The third kappa shape index (κ3) is 4.17. The predicted molar refractivity (Wildman–Crippen MR) is 91.7 cm³/mol. The van der Waals surface area contributed by atoms with Crippen LogP contribution in [0.1, 0.15) is 5.69 Å². The van der Waals surface area contributed by atoms with Gasteiger partial charge >= 0.3 is 127 Å². The first kappa shape index (κ1) is 14.3. The summed E-state index contributed by atoms with van der Waals surface area (Å²) in [4.78, 5) is 8.86. The van der Waals surface area contributed by atoms with Gasteiger partial charge in [0.25, 0.3) is 0 Å². The van der Waals surface area contributed by atoms with E-state index in [1.54, 1.807) is 0 Å². The molecule has 0 aliphatic heterocycles. The summed E-state index contributed by atoms with van der Waals surface area (Å²) in [6.45, 7) is 8.74. The molecule has 2 heterocycles. The molecule has 0 fully saturated rings. The molecule has 0 aliphatic carbocycles. The molecule has 0 bridgehead atoms. The molecule has 9 heteroatoms. The molecule has 0 spiro atoms. The van der Waals surface area contributed by atoms with Crippen molar-refractivity contribution in [3.05, 3.63) is 48.3 Å². The van der Waals surface area contributed by atoms with Gasteiger partial charge in [-0.25, -0.2) is 0 Å². The molecule has 4 nitrogen and oxygen atoms in total. The van der Waals surface area contributed by atoms with Crippen LogP contribution >= 0.6 is 0 Å². The zero-order chi connectivity index (χ0) is 14.3. The van der Waals surface area contributed by atoms with Crippen LogP contribution in [0.25, 0.3) is 5.95 Å². The Hall–Kier alpha value is -1.62.